The Bertz CT molecular complexity index is 445. The Hall–Kier alpha value is -1.36. The van der Waals surface area contributed by atoms with E-state index in [-0.39, 0.29) is 4.90 Å². The van der Waals surface area contributed by atoms with Gasteiger partial charge in [-0.05, 0) is 24.1 Å². The minimum atomic E-state index is -3.75. The lowest BCUT2D eigenvalue weighted by Crippen LogP contribution is -2.30. The largest absolute Gasteiger partial charge is 0.549 e. The van der Waals surface area contributed by atoms with Crippen molar-refractivity contribution in [3.8, 4) is 0 Å². The van der Waals surface area contributed by atoms with Gasteiger partial charge in [-0.15, -0.1) is 0 Å². The number of carbonyl (C=O) groups excluding carboxylic acids is 1. The first-order chi connectivity index (χ1) is 6.95. The van der Waals surface area contributed by atoms with E-state index in [1.54, 1.807) is 12.1 Å². The van der Waals surface area contributed by atoms with Crippen molar-refractivity contribution >= 4 is 15.8 Å². The zero-order valence-electron chi connectivity index (χ0n) is 8.26. The molecular formula is C10H11O4S-. The highest BCUT2D eigenvalue weighted by Gasteiger charge is 2.13. The van der Waals surface area contributed by atoms with Gasteiger partial charge in [-0.3, -0.25) is 0 Å². The van der Waals surface area contributed by atoms with Crippen molar-refractivity contribution in [1.82, 2.24) is 0 Å². The monoisotopic (exact) mass is 227 g/mol. The lowest BCUT2D eigenvalue weighted by molar-refractivity contribution is -0.301. The summed E-state index contributed by atoms with van der Waals surface area (Å²) in [4.78, 5) is 10.2. The Labute approximate surface area is 88.5 Å². The van der Waals surface area contributed by atoms with Crippen molar-refractivity contribution in [3.63, 3.8) is 0 Å². The zero-order chi connectivity index (χ0) is 11.5. The maximum Gasteiger partial charge on any atom is 0.183 e. The van der Waals surface area contributed by atoms with E-state index in [0.717, 1.165) is 12.0 Å². The number of aryl methyl sites for hydroxylation is 1. The van der Waals surface area contributed by atoms with Crippen molar-refractivity contribution in [1.29, 1.82) is 0 Å². The summed E-state index contributed by atoms with van der Waals surface area (Å²) in [5.41, 5.74) is 1.00. The van der Waals surface area contributed by atoms with Crippen LogP contribution >= 0.6 is 0 Å². The normalized spacial score (nSPS) is 11.3. The fourth-order valence-electron chi connectivity index (χ4n) is 1.17. The molecule has 0 saturated heterocycles. The van der Waals surface area contributed by atoms with Crippen LogP contribution in [0.15, 0.2) is 29.2 Å². The molecule has 0 aliphatic heterocycles. The van der Waals surface area contributed by atoms with Gasteiger partial charge in [0, 0.05) is 0 Å². The van der Waals surface area contributed by atoms with E-state index in [4.69, 9.17) is 0 Å². The second kappa shape index (κ2) is 4.44. The molecule has 0 aliphatic carbocycles. The Morgan fingerprint density at radius 1 is 1.27 bits per heavy atom. The topological polar surface area (TPSA) is 74.3 Å². The van der Waals surface area contributed by atoms with Gasteiger partial charge in [-0.2, -0.15) is 0 Å². The van der Waals surface area contributed by atoms with E-state index < -0.39 is 21.6 Å². The highest BCUT2D eigenvalue weighted by Crippen LogP contribution is 2.12. The van der Waals surface area contributed by atoms with Crippen LogP contribution in [0.2, 0.25) is 0 Å². The highest BCUT2D eigenvalue weighted by molar-refractivity contribution is 7.92. The molecule has 0 N–H and O–H groups in total. The van der Waals surface area contributed by atoms with Gasteiger partial charge < -0.3 is 9.90 Å². The Kier molecular flexibility index (Phi) is 3.47. The minimum absolute atomic E-state index is 0.0175. The molecule has 1 aromatic rings. The SMILES string of the molecule is CCc1ccc(S(=O)(=O)CC(=O)[O-])cc1. The van der Waals surface area contributed by atoms with Crippen LogP contribution in [0.1, 0.15) is 12.5 Å². The summed E-state index contributed by atoms with van der Waals surface area (Å²) in [7, 11) is -3.75. The smallest absolute Gasteiger partial charge is 0.183 e. The predicted molar refractivity (Wildman–Crippen MR) is 52.9 cm³/mol. The van der Waals surface area contributed by atoms with Gasteiger partial charge in [0.15, 0.2) is 9.84 Å². The first-order valence-corrected chi connectivity index (χ1v) is 6.12. The molecule has 0 bridgehead atoms. The average Bonchev–Trinajstić information content (AvgIpc) is 2.16. The molecular weight excluding hydrogens is 216 g/mol. The van der Waals surface area contributed by atoms with Crippen LogP contribution in [0.3, 0.4) is 0 Å². The third-order valence-corrected chi connectivity index (χ3v) is 3.60. The Morgan fingerprint density at radius 3 is 2.20 bits per heavy atom. The molecule has 0 spiro atoms. The van der Waals surface area contributed by atoms with Crippen LogP contribution in [0.5, 0.6) is 0 Å². The lowest BCUT2D eigenvalue weighted by atomic mass is 10.2. The number of carbonyl (C=O) groups is 1. The van der Waals surface area contributed by atoms with Crippen LogP contribution in [-0.4, -0.2) is 20.1 Å². The average molecular weight is 227 g/mol. The van der Waals surface area contributed by atoms with Crippen LogP contribution in [0.25, 0.3) is 0 Å². The third kappa shape index (κ3) is 3.06. The van der Waals surface area contributed by atoms with Gasteiger partial charge >= 0.3 is 0 Å². The molecule has 0 heterocycles. The molecule has 15 heavy (non-hydrogen) atoms. The molecule has 82 valence electrons. The summed E-state index contributed by atoms with van der Waals surface area (Å²) in [6.45, 7) is 1.95. The first kappa shape index (κ1) is 11.7. The fraction of sp³-hybridized carbons (Fsp3) is 0.300. The zero-order valence-corrected chi connectivity index (χ0v) is 9.08. The summed E-state index contributed by atoms with van der Waals surface area (Å²) < 4.78 is 22.8. The van der Waals surface area contributed by atoms with E-state index >= 15 is 0 Å². The maximum atomic E-state index is 11.4. The van der Waals surface area contributed by atoms with Gasteiger partial charge in [0.2, 0.25) is 0 Å². The number of aliphatic carboxylic acids is 1. The number of hydrogen-bond donors (Lipinski definition) is 0. The van der Waals surface area contributed by atoms with Crippen LogP contribution < -0.4 is 5.11 Å². The quantitative estimate of drug-likeness (QED) is 0.712. The number of rotatable bonds is 4. The number of carboxylic acids is 1. The van der Waals surface area contributed by atoms with Crippen molar-refractivity contribution < 1.29 is 18.3 Å². The number of hydrogen-bond acceptors (Lipinski definition) is 4. The summed E-state index contributed by atoms with van der Waals surface area (Å²) in [5, 5.41) is 10.2. The molecule has 0 radical (unpaired) electrons. The van der Waals surface area contributed by atoms with Gasteiger partial charge in [0.05, 0.1) is 16.6 Å². The number of carboxylic acid groups (broad SMARTS) is 1. The van der Waals surface area contributed by atoms with E-state index in [9.17, 15) is 18.3 Å². The third-order valence-electron chi connectivity index (χ3n) is 2.00. The Balaban J connectivity index is 3.01. The molecule has 0 unspecified atom stereocenters. The van der Waals surface area contributed by atoms with Crippen molar-refractivity contribution in [2.75, 3.05) is 5.75 Å². The lowest BCUT2D eigenvalue weighted by Gasteiger charge is -2.05. The van der Waals surface area contributed by atoms with E-state index in [0.29, 0.717) is 0 Å². The summed E-state index contributed by atoms with van der Waals surface area (Å²) in [5.74, 6) is -2.56. The van der Waals surface area contributed by atoms with Crippen LogP contribution in [0.4, 0.5) is 0 Å². The van der Waals surface area contributed by atoms with E-state index in [1.807, 2.05) is 6.92 Å². The second-order valence-corrected chi connectivity index (χ2v) is 5.12. The van der Waals surface area contributed by atoms with Gasteiger partial charge in [-0.1, -0.05) is 19.1 Å². The molecule has 5 heteroatoms. The standard InChI is InChI=1S/C10H12O4S/c1-2-8-3-5-9(6-4-8)15(13,14)7-10(11)12/h3-6H,2,7H2,1H3,(H,11,12)/p-1. The van der Waals surface area contributed by atoms with Gasteiger partial charge in [0.25, 0.3) is 0 Å². The molecule has 0 aliphatic rings. The van der Waals surface area contributed by atoms with Gasteiger partial charge in [-0.25, -0.2) is 8.42 Å². The minimum Gasteiger partial charge on any atom is -0.549 e. The van der Waals surface area contributed by atoms with Gasteiger partial charge in [0.1, 0.15) is 0 Å². The maximum absolute atomic E-state index is 11.4. The van der Waals surface area contributed by atoms with Crippen LogP contribution in [-0.2, 0) is 21.1 Å². The van der Waals surface area contributed by atoms with Crippen molar-refractivity contribution in [3.05, 3.63) is 29.8 Å². The van der Waals surface area contributed by atoms with E-state index in [1.165, 1.54) is 12.1 Å². The summed E-state index contributed by atoms with van der Waals surface area (Å²) in [6.07, 6.45) is 0.806. The van der Waals surface area contributed by atoms with Crippen molar-refractivity contribution in [2.24, 2.45) is 0 Å². The number of sulfone groups is 1. The predicted octanol–water partition coefficient (Wildman–Crippen LogP) is -0.227. The molecule has 1 rings (SSSR count). The Morgan fingerprint density at radius 2 is 1.80 bits per heavy atom. The molecule has 0 fully saturated rings. The molecule has 0 saturated carbocycles. The summed E-state index contributed by atoms with van der Waals surface area (Å²) >= 11 is 0. The molecule has 0 amide bonds. The molecule has 4 nitrogen and oxygen atoms in total. The molecule has 0 aromatic heterocycles. The van der Waals surface area contributed by atoms with E-state index in [2.05, 4.69) is 0 Å². The number of benzene rings is 1. The van der Waals surface area contributed by atoms with Crippen LogP contribution in [0, 0.1) is 0 Å². The fourth-order valence-corrected chi connectivity index (χ4v) is 2.20. The summed E-state index contributed by atoms with van der Waals surface area (Å²) in [6, 6.07) is 6.17. The molecule has 1 aromatic carbocycles. The highest BCUT2D eigenvalue weighted by atomic mass is 32.2. The second-order valence-electron chi connectivity index (χ2n) is 3.13. The molecule has 0 atom stereocenters. The van der Waals surface area contributed by atoms with Crippen molar-refractivity contribution in [2.45, 2.75) is 18.2 Å². The first-order valence-electron chi connectivity index (χ1n) is 4.47.